The molecule has 29 heavy (non-hydrogen) atoms. The summed E-state index contributed by atoms with van der Waals surface area (Å²) in [6, 6.07) is 2.82. The van der Waals surface area contributed by atoms with E-state index in [2.05, 4.69) is 10.3 Å². The largest absolute Gasteiger partial charge is 0.506 e. The summed E-state index contributed by atoms with van der Waals surface area (Å²) < 4.78 is 3.21. The maximum atomic E-state index is 13.2. The molecule has 150 valence electrons. The van der Waals surface area contributed by atoms with Gasteiger partial charge < -0.3 is 20.7 Å². The molecule has 10 heteroatoms. The smallest absolute Gasteiger partial charge is 0.263 e. The normalized spacial score (nSPS) is 12.9. The van der Waals surface area contributed by atoms with Crippen LogP contribution in [0.4, 0.5) is 0 Å². The monoisotopic (exact) mass is 415 g/mol. The predicted molar refractivity (Wildman–Crippen MR) is 107 cm³/mol. The number of nitrogens with zero attached hydrogens (tertiary/aromatic N) is 3. The Bertz CT molecular complexity index is 1240. The number of fused-ring (bicyclic) bond motifs is 2. The summed E-state index contributed by atoms with van der Waals surface area (Å²) in [6.07, 6.45) is 3.12. The van der Waals surface area contributed by atoms with Gasteiger partial charge in [-0.3, -0.25) is 19.0 Å². The molecule has 2 aromatic heterocycles. The molecule has 1 aliphatic heterocycles. The molecule has 0 unspecified atom stereocenters. The van der Waals surface area contributed by atoms with Crippen molar-refractivity contribution < 1.29 is 14.7 Å². The fraction of sp³-hybridized carbons (Fsp3) is 0.263. The summed E-state index contributed by atoms with van der Waals surface area (Å²) in [5, 5.41) is 12.8. The molecule has 0 fully saturated rings. The molecule has 4 N–H and O–H groups in total. The van der Waals surface area contributed by atoms with Crippen LogP contribution in [0.2, 0.25) is 5.02 Å². The molecule has 0 saturated heterocycles. The van der Waals surface area contributed by atoms with Crippen LogP contribution in [0.5, 0.6) is 5.75 Å². The molecular weight excluding hydrogens is 398 g/mol. The number of nitrogens with one attached hydrogen (secondary N) is 1. The van der Waals surface area contributed by atoms with Gasteiger partial charge in [-0.25, -0.2) is 4.98 Å². The highest BCUT2D eigenvalue weighted by Crippen LogP contribution is 2.36. The quantitative estimate of drug-likeness (QED) is 0.585. The summed E-state index contributed by atoms with van der Waals surface area (Å²) in [5.74, 6) is -0.854. The van der Waals surface area contributed by atoms with Crippen LogP contribution in [0.3, 0.4) is 0 Å². The number of likely N-dealkylation sites (N-methyl/N-ethyl adjacent to an activating group) is 1. The Balaban J connectivity index is 2.04. The van der Waals surface area contributed by atoms with E-state index in [-0.39, 0.29) is 28.6 Å². The maximum absolute atomic E-state index is 13.2. The van der Waals surface area contributed by atoms with Crippen LogP contribution < -0.4 is 16.6 Å². The number of primary amides is 1. The van der Waals surface area contributed by atoms with Crippen LogP contribution in [0.25, 0.3) is 22.2 Å². The number of aryl methyl sites for hydroxylation is 1. The lowest BCUT2D eigenvalue weighted by molar-refractivity contribution is -0.121. The predicted octanol–water partition coefficient (Wildman–Crippen LogP) is 1.02. The number of halogens is 1. The number of phenols is 1. The Morgan fingerprint density at radius 1 is 1.38 bits per heavy atom. The minimum absolute atomic E-state index is 0.0304. The molecule has 9 nitrogen and oxygen atoms in total. The highest BCUT2D eigenvalue weighted by atomic mass is 35.5. The van der Waals surface area contributed by atoms with Gasteiger partial charge in [0.05, 0.1) is 16.0 Å². The van der Waals surface area contributed by atoms with Gasteiger partial charge in [0.2, 0.25) is 5.91 Å². The number of rotatable bonds is 4. The van der Waals surface area contributed by atoms with E-state index in [1.54, 1.807) is 15.3 Å². The molecule has 0 aliphatic carbocycles. The average Bonchev–Trinajstić information content (AvgIpc) is 3.29. The molecular formula is C19H18ClN5O4. The third kappa shape index (κ3) is 3.03. The number of nitrogens with two attached hydrogens (primary N) is 1. The lowest BCUT2D eigenvalue weighted by Gasteiger charge is -2.08. The number of carbonyl (C=O) groups is 2. The fourth-order valence-electron chi connectivity index (χ4n) is 3.64. The van der Waals surface area contributed by atoms with Gasteiger partial charge in [-0.05, 0) is 24.1 Å². The van der Waals surface area contributed by atoms with Gasteiger partial charge in [-0.1, -0.05) is 11.6 Å². The maximum Gasteiger partial charge on any atom is 0.263 e. The van der Waals surface area contributed by atoms with Crippen LogP contribution in [0.15, 0.2) is 23.1 Å². The lowest BCUT2D eigenvalue weighted by atomic mass is 10.0. The van der Waals surface area contributed by atoms with E-state index in [0.717, 1.165) is 6.42 Å². The van der Waals surface area contributed by atoms with Crippen LogP contribution >= 0.6 is 11.6 Å². The minimum Gasteiger partial charge on any atom is -0.506 e. The third-order valence-corrected chi connectivity index (χ3v) is 5.36. The number of amides is 2. The number of benzene rings is 1. The molecule has 3 aromatic rings. The summed E-state index contributed by atoms with van der Waals surface area (Å²) >= 11 is 6.08. The van der Waals surface area contributed by atoms with Crippen molar-refractivity contribution in [3.8, 4) is 16.9 Å². The summed E-state index contributed by atoms with van der Waals surface area (Å²) in [6.45, 7) is 0.539. The fourth-order valence-corrected chi connectivity index (χ4v) is 3.86. The Kier molecular flexibility index (Phi) is 4.54. The third-order valence-electron chi connectivity index (χ3n) is 5.07. The number of carbonyl (C=O) groups excluding carboxylic acids is 2. The van der Waals surface area contributed by atoms with Crippen molar-refractivity contribution >= 4 is 34.4 Å². The van der Waals surface area contributed by atoms with Crippen LogP contribution in [-0.2, 0) is 24.3 Å². The van der Waals surface area contributed by atoms with Crippen LogP contribution in [-0.4, -0.2) is 38.1 Å². The van der Waals surface area contributed by atoms with Crippen molar-refractivity contribution in [2.24, 2.45) is 5.73 Å². The van der Waals surface area contributed by atoms with Gasteiger partial charge in [0, 0.05) is 31.8 Å². The molecule has 3 heterocycles. The Labute approximate surface area is 169 Å². The molecule has 0 saturated carbocycles. The van der Waals surface area contributed by atoms with E-state index in [1.807, 2.05) is 0 Å². The summed E-state index contributed by atoms with van der Waals surface area (Å²) in [4.78, 5) is 41.5. The van der Waals surface area contributed by atoms with Crippen molar-refractivity contribution in [2.45, 2.75) is 25.9 Å². The lowest BCUT2D eigenvalue weighted by Crippen LogP contribution is -2.24. The minimum atomic E-state index is -0.851. The zero-order chi connectivity index (χ0) is 20.9. The van der Waals surface area contributed by atoms with Crippen LogP contribution in [0.1, 0.15) is 22.6 Å². The van der Waals surface area contributed by atoms with E-state index >= 15 is 0 Å². The topological polar surface area (TPSA) is 132 Å². The molecule has 1 aromatic carbocycles. The molecule has 0 atom stereocenters. The van der Waals surface area contributed by atoms with Gasteiger partial charge in [-0.15, -0.1) is 0 Å². The van der Waals surface area contributed by atoms with Crippen molar-refractivity contribution in [2.75, 3.05) is 7.05 Å². The van der Waals surface area contributed by atoms with E-state index in [0.29, 0.717) is 41.0 Å². The molecule has 1 aliphatic rings. The van der Waals surface area contributed by atoms with Gasteiger partial charge >= 0.3 is 0 Å². The second kappa shape index (κ2) is 6.93. The second-order valence-corrected chi connectivity index (χ2v) is 7.26. The molecule has 0 spiro atoms. The standard InChI is InChI=1S/C19H18ClN5O4/c1-22-14(26)8-24-7-11(9-5-10(17(21)28)16(27)12(20)6-9)15-18(24)23-13-3-2-4-25(13)19(15)29/h5-7,27H,2-4,8H2,1H3,(H2,21,28)(H,22,26). The van der Waals surface area contributed by atoms with Gasteiger partial charge in [-0.2, -0.15) is 0 Å². The van der Waals surface area contributed by atoms with E-state index in [9.17, 15) is 19.5 Å². The first-order valence-corrected chi connectivity index (χ1v) is 9.35. The highest BCUT2D eigenvalue weighted by molar-refractivity contribution is 6.33. The van der Waals surface area contributed by atoms with E-state index < -0.39 is 11.7 Å². The average molecular weight is 416 g/mol. The number of hydrogen-bond donors (Lipinski definition) is 3. The molecule has 0 bridgehead atoms. The number of aromatic hydroxyl groups is 1. The molecule has 0 radical (unpaired) electrons. The van der Waals surface area contributed by atoms with Gasteiger partial charge in [0.15, 0.2) is 0 Å². The Hall–Kier alpha value is -3.33. The van der Waals surface area contributed by atoms with E-state index in [1.165, 1.54) is 19.2 Å². The first-order chi connectivity index (χ1) is 13.8. The summed E-state index contributed by atoms with van der Waals surface area (Å²) in [5.41, 5.74) is 6.21. The first kappa shape index (κ1) is 19.0. The van der Waals surface area contributed by atoms with Gasteiger partial charge in [0.25, 0.3) is 11.5 Å². The van der Waals surface area contributed by atoms with Crippen molar-refractivity contribution in [3.05, 3.63) is 45.1 Å². The zero-order valence-corrected chi connectivity index (χ0v) is 16.3. The van der Waals surface area contributed by atoms with Crippen LogP contribution in [0, 0.1) is 0 Å². The molecule has 2 amide bonds. The summed E-state index contributed by atoms with van der Waals surface area (Å²) in [7, 11) is 1.52. The number of aromatic nitrogens is 3. The van der Waals surface area contributed by atoms with Crippen molar-refractivity contribution in [3.63, 3.8) is 0 Å². The number of hydrogen-bond acceptors (Lipinski definition) is 5. The van der Waals surface area contributed by atoms with Crippen molar-refractivity contribution in [1.82, 2.24) is 19.4 Å². The van der Waals surface area contributed by atoms with E-state index in [4.69, 9.17) is 17.3 Å². The molecule has 4 rings (SSSR count). The second-order valence-electron chi connectivity index (χ2n) is 6.85. The first-order valence-electron chi connectivity index (χ1n) is 8.97. The Morgan fingerprint density at radius 2 is 2.14 bits per heavy atom. The SMILES string of the molecule is CNC(=O)Cn1cc(-c2cc(Cl)c(O)c(C(N)=O)c2)c2c(=O)n3c(nc21)CCC3. The zero-order valence-electron chi connectivity index (χ0n) is 15.5. The van der Waals surface area contributed by atoms with Gasteiger partial charge in [0.1, 0.15) is 23.8 Å². The Morgan fingerprint density at radius 3 is 2.83 bits per heavy atom. The van der Waals surface area contributed by atoms with Crippen molar-refractivity contribution in [1.29, 1.82) is 0 Å². The highest BCUT2D eigenvalue weighted by Gasteiger charge is 2.24.